The molecule has 0 radical (unpaired) electrons. The van der Waals surface area contributed by atoms with Crippen LogP contribution in [-0.2, 0) is 16.8 Å². The second-order valence-electron chi connectivity index (χ2n) is 8.57. The Morgan fingerprint density at radius 3 is 2.41 bits per heavy atom. The van der Waals surface area contributed by atoms with Gasteiger partial charge in [-0.05, 0) is 41.7 Å². The summed E-state index contributed by atoms with van der Waals surface area (Å²) in [5, 5.41) is 13.4. The number of thioether (sulfide) groups is 1. The van der Waals surface area contributed by atoms with Gasteiger partial charge < -0.3 is 14.0 Å². The lowest BCUT2D eigenvalue weighted by Crippen LogP contribution is -2.20. The zero-order valence-corrected chi connectivity index (χ0v) is 21.3. The molecule has 0 spiro atoms. The molecule has 0 unspecified atom stereocenters. The molecular weight excluding hydrogens is 450 g/mol. The number of aromatic nitrogens is 3. The highest BCUT2D eigenvalue weighted by atomic mass is 32.2. The zero-order chi connectivity index (χ0) is 24.7. The monoisotopic (exact) mass is 481 g/mol. The van der Waals surface area contributed by atoms with Crippen molar-refractivity contribution in [1.29, 1.82) is 0 Å². The minimum Gasteiger partial charge on any atom is -0.493 e. The number of ether oxygens (including phenoxy) is 2. The van der Waals surface area contributed by atoms with Gasteiger partial charge in [-0.25, -0.2) is 5.43 Å². The van der Waals surface area contributed by atoms with Gasteiger partial charge in [0, 0.05) is 12.1 Å². The van der Waals surface area contributed by atoms with Crippen molar-refractivity contribution in [2.45, 2.75) is 44.8 Å². The van der Waals surface area contributed by atoms with Gasteiger partial charge in [0.05, 0.1) is 26.2 Å². The van der Waals surface area contributed by atoms with Gasteiger partial charge in [-0.15, -0.1) is 10.2 Å². The highest BCUT2D eigenvalue weighted by Crippen LogP contribution is 2.28. The number of benzene rings is 2. The van der Waals surface area contributed by atoms with E-state index in [0.29, 0.717) is 23.2 Å². The minimum absolute atomic E-state index is 0.0905. The van der Waals surface area contributed by atoms with Crippen molar-refractivity contribution in [1.82, 2.24) is 20.2 Å². The third-order valence-corrected chi connectivity index (χ3v) is 6.15. The average Bonchev–Trinajstić information content (AvgIpc) is 3.25. The lowest BCUT2D eigenvalue weighted by Gasteiger charge is -2.19. The van der Waals surface area contributed by atoms with Crippen LogP contribution < -0.4 is 14.9 Å². The van der Waals surface area contributed by atoms with Crippen LogP contribution in [0.25, 0.3) is 11.4 Å². The summed E-state index contributed by atoms with van der Waals surface area (Å²) in [6.45, 7) is 9.30. The predicted molar refractivity (Wildman–Crippen MR) is 136 cm³/mol. The number of hydrazone groups is 1. The number of carbonyl (C=O) groups is 1. The van der Waals surface area contributed by atoms with E-state index in [1.807, 2.05) is 17.6 Å². The van der Waals surface area contributed by atoms with E-state index in [-0.39, 0.29) is 17.1 Å². The van der Waals surface area contributed by atoms with Crippen molar-refractivity contribution < 1.29 is 14.3 Å². The van der Waals surface area contributed by atoms with Gasteiger partial charge in [0.25, 0.3) is 5.91 Å². The molecule has 1 N–H and O–H groups in total. The number of nitrogens with zero attached hydrogens (tertiary/aromatic N) is 4. The molecule has 0 aliphatic carbocycles. The van der Waals surface area contributed by atoms with Crippen LogP contribution in [0, 0.1) is 0 Å². The molecule has 0 saturated heterocycles. The van der Waals surface area contributed by atoms with E-state index in [4.69, 9.17) is 9.47 Å². The maximum absolute atomic E-state index is 12.3. The Balaban J connectivity index is 1.61. The van der Waals surface area contributed by atoms with Gasteiger partial charge in [-0.3, -0.25) is 4.79 Å². The number of rotatable bonds is 9. The van der Waals surface area contributed by atoms with E-state index in [0.717, 1.165) is 17.0 Å². The molecule has 2 aromatic carbocycles. The summed E-state index contributed by atoms with van der Waals surface area (Å²) in [7, 11) is 3.15. The number of methoxy groups -OCH3 is 2. The van der Waals surface area contributed by atoms with Crippen LogP contribution >= 0.6 is 11.8 Å². The highest BCUT2D eigenvalue weighted by molar-refractivity contribution is 7.99. The average molecular weight is 482 g/mol. The Morgan fingerprint density at radius 1 is 1.09 bits per heavy atom. The van der Waals surface area contributed by atoms with Crippen LogP contribution in [0.2, 0.25) is 0 Å². The molecule has 0 aliphatic heterocycles. The molecule has 1 heterocycles. The maximum Gasteiger partial charge on any atom is 0.250 e. The maximum atomic E-state index is 12.3. The molecular formula is C25H31N5O3S. The third-order valence-electron chi connectivity index (χ3n) is 5.19. The molecule has 0 bridgehead atoms. The molecule has 3 aromatic rings. The standard InChI is InChI=1S/C25H31N5O3S/c1-7-30-23(18-9-11-19(12-10-18)25(2,3)4)28-29-24(30)34-16-22(31)27-26-15-17-8-13-20(32-5)21(14-17)33-6/h8-15H,7,16H2,1-6H3,(H,27,31)/b26-15+. The quantitative estimate of drug-likeness (QED) is 0.274. The van der Waals surface area contributed by atoms with Crippen LogP contribution in [0.3, 0.4) is 0 Å². The summed E-state index contributed by atoms with van der Waals surface area (Å²) in [5.74, 6) is 1.95. The van der Waals surface area contributed by atoms with Crippen molar-refractivity contribution in [3.8, 4) is 22.9 Å². The fourth-order valence-electron chi connectivity index (χ4n) is 3.29. The van der Waals surface area contributed by atoms with Crippen LogP contribution in [0.5, 0.6) is 11.5 Å². The second kappa shape index (κ2) is 11.2. The van der Waals surface area contributed by atoms with E-state index in [1.165, 1.54) is 17.3 Å². The fraction of sp³-hybridized carbons (Fsp3) is 0.360. The van der Waals surface area contributed by atoms with Crippen molar-refractivity contribution in [3.05, 3.63) is 53.6 Å². The summed E-state index contributed by atoms with van der Waals surface area (Å²) >= 11 is 1.33. The van der Waals surface area contributed by atoms with Gasteiger partial charge >= 0.3 is 0 Å². The molecule has 0 atom stereocenters. The fourth-order valence-corrected chi connectivity index (χ4v) is 4.08. The molecule has 3 rings (SSSR count). The Hall–Kier alpha value is -3.33. The highest BCUT2D eigenvalue weighted by Gasteiger charge is 2.17. The largest absolute Gasteiger partial charge is 0.493 e. The molecule has 9 heteroatoms. The van der Waals surface area contributed by atoms with Gasteiger partial charge in [0.2, 0.25) is 0 Å². The summed E-state index contributed by atoms with van der Waals surface area (Å²) < 4.78 is 12.5. The molecule has 0 fully saturated rings. The molecule has 0 saturated carbocycles. The van der Waals surface area contributed by atoms with E-state index in [1.54, 1.807) is 32.6 Å². The first kappa shape index (κ1) is 25.3. The lowest BCUT2D eigenvalue weighted by atomic mass is 9.87. The predicted octanol–water partition coefficient (Wildman–Crippen LogP) is 4.52. The number of hydrogen-bond donors (Lipinski definition) is 1. The Bertz CT molecular complexity index is 1150. The number of nitrogens with one attached hydrogen (secondary N) is 1. The van der Waals surface area contributed by atoms with E-state index in [9.17, 15) is 4.79 Å². The van der Waals surface area contributed by atoms with Crippen molar-refractivity contribution in [2.75, 3.05) is 20.0 Å². The van der Waals surface area contributed by atoms with Gasteiger partial charge in [-0.2, -0.15) is 5.10 Å². The molecule has 8 nitrogen and oxygen atoms in total. The van der Waals surface area contributed by atoms with Crippen molar-refractivity contribution >= 4 is 23.9 Å². The SMILES string of the molecule is CCn1c(SCC(=O)N/N=C/c2ccc(OC)c(OC)c2)nnc1-c1ccc(C(C)(C)C)cc1. The van der Waals surface area contributed by atoms with Crippen LogP contribution in [0.4, 0.5) is 0 Å². The summed E-state index contributed by atoms with van der Waals surface area (Å²) in [5.41, 5.74) is 5.67. The van der Waals surface area contributed by atoms with Crippen molar-refractivity contribution in [2.24, 2.45) is 5.10 Å². The summed E-state index contributed by atoms with van der Waals surface area (Å²) in [6, 6.07) is 13.8. The second-order valence-corrected chi connectivity index (χ2v) is 9.52. The van der Waals surface area contributed by atoms with Crippen LogP contribution in [-0.4, -0.2) is 46.9 Å². The topological polar surface area (TPSA) is 90.6 Å². The van der Waals surface area contributed by atoms with Gasteiger partial charge in [0.15, 0.2) is 22.5 Å². The smallest absolute Gasteiger partial charge is 0.250 e. The molecule has 1 aromatic heterocycles. The van der Waals surface area contributed by atoms with Crippen LogP contribution in [0.1, 0.15) is 38.8 Å². The van der Waals surface area contributed by atoms with E-state index in [2.05, 4.69) is 65.8 Å². The Labute approximate surface area is 204 Å². The number of hydrogen-bond acceptors (Lipinski definition) is 7. The summed E-state index contributed by atoms with van der Waals surface area (Å²) in [4.78, 5) is 12.3. The number of amides is 1. The minimum atomic E-state index is -0.233. The molecule has 34 heavy (non-hydrogen) atoms. The van der Waals surface area contributed by atoms with Gasteiger partial charge in [-0.1, -0.05) is 56.8 Å². The van der Waals surface area contributed by atoms with E-state index < -0.39 is 0 Å². The molecule has 1 amide bonds. The van der Waals surface area contributed by atoms with E-state index >= 15 is 0 Å². The number of carbonyl (C=O) groups excluding carboxylic acids is 1. The van der Waals surface area contributed by atoms with Crippen LogP contribution in [0.15, 0.2) is 52.7 Å². The normalized spacial score (nSPS) is 11.6. The zero-order valence-electron chi connectivity index (χ0n) is 20.5. The first-order valence-corrected chi connectivity index (χ1v) is 12.0. The molecule has 180 valence electrons. The Morgan fingerprint density at radius 2 is 1.79 bits per heavy atom. The first-order valence-electron chi connectivity index (χ1n) is 11.0. The molecule has 0 aliphatic rings. The Kier molecular flexibility index (Phi) is 8.33. The van der Waals surface area contributed by atoms with Crippen molar-refractivity contribution in [3.63, 3.8) is 0 Å². The third kappa shape index (κ3) is 6.17. The van der Waals surface area contributed by atoms with Gasteiger partial charge in [0.1, 0.15) is 0 Å². The first-order chi connectivity index (χ1) is 16.3. The summed E-state index contributed by atoms with van der Waals surface area (Å²) in [6.07, 6.45) is 1.55. The lowest BCUT2D eigenvalue weighted by molar-refractivity contribution is -0.118.